The lowest BCUT2D eigenvalue weighted by atomic mass is 10.3. The van der Waals surface area contributed by atoms with Gasteiger partial charge < -0.3 is 14.9 Å². The number of hydrogen-bond acceptors (Lipinski definition) is 3. The maximum Gasteiger partial charge on any atom is 0.251 e. The number of nitrogens with zero attached hydrogens (tertiary/aromatic N) is 2. The highest BCUT2D eigenvalue weighted by Crippen LogP contribution is 2.09. The predicted octanol–water partition coefficient (Wildman–Crippen LogP) is 0.389. The number of carbonyl (C=O) groups excluding carboxylic acids is 1. The third kappa shape index (κ3) is 4.23. The lowest BCUT2D eigenvalue weighted by molar-refractivity contribution is -0.140. The van der Waals surface area contributed by atoms with Crippen LogP contribution in [-0.4, -0.2) is 67.3 Å². The Morgan fingerprint density at radius 3 is 2.12 bits per heavy atom. The van der Waals surface area contributed by atoms with Gasteiger partial charge in [0.1, 0.15) is 6.10 Å². The molecule has 1 amide bonds. The molecule has 0 saturated carbocycles. The first-order valence-corrected chi connectivity index (χ1v) is 9.69. The van der Waals surface area contributed by atoms with E-state index in [4.69, 9.17) is 0 Å². The topological polar surface area (TPSA) is 43.8 Å². The molecule has 0 aromatic carbocycles. The molecular weight excluding hydrogens is 220 g/mol. The Balaban J connectivity index is 2.37. The molecule has 1 aliphatic heterocycles. The maximum atomic E-state index is 11.6. The Kier molecular flexibility index (Phi) is 4.52. The highest BCUT2D eigenvalue weighted by atomic mass is 28.3. The van der Waals surface area contributed by atoms with Gasteiger partial charge in [-0.1, -0.05) is 19.6 Å². The fourth-order valence-corrected chi connectivity index (χ4v) is 3.72. The molecule has 1 heterocycles. The molecule has 0 aliphatic carbocycles. The van der Waals surface area contributed by atoms with Gasteiger partial charge >= 0.3 is 0 Å². The van der Waals surface area contributed by atoms with E-state index in [9.17, 15) is 9.90 Å². The number of aliphatic hydroxyl groups is 1. The van der Waals surface area contributed by atoms with Crippen molar-refractivity contribution in [2.75, 3.05) is 32.3 Å². The van der Waals surface area contributed by atoms with Crippen molar-refractivity contribution in [3.05, 3.63) is 0 Å². The molecule has 0 radical (unpaired) electrons. The Morgan fingerprint density at radius 1 is 1.25 bits per heavy atom. The van der Waals surface area contributed by atoms with Crippen molar-refractivity contribution in [2.24, 2.45) is 0 Å². The minimum absolute atomic E-state index is 0.132. The van der Waals surface area contributed by atoms with Crippen LogP contribution in [0.5, 0.6) is 0 Å². The summed E-state index contributed by atoms with van der Waals surface area (Å²) in [5.41, 5.74) is 0. The molecule has 1 rings (SSSR count). The van der Waals surface area contributed by atoms with Crippen molar-refractivity contribution in [2.45, 2.75) is 32.7 Å². The number of carbonyl (C=O) groups is 1. The lowest BCUT2D eigenvalue weighted by Crippen LogP contribution is -2.54. The van der Waals surface area contributed by atoms with Crippen LogP contribution in [0.1, 0.15) is 6.92 Å². The minimum atomic E-state index is -1.04. The van der Waals surface area contributed by atoms with E-state index < -0.39 is 14.2 Å². The summed E-state index contributed by atoms with van der Waals surface area (Å²) in [5.74, 6) is -0.132. The molecule has 0 bridgehead atoms. The molecule has 0 aromatic heterocycles. The van der Waals surface area contributed by atoms with E-state index in [-0.39, 0.29) is 5.91 Å². The smallest absolute Gasteiger partial charge is 0.251 e. The average molecular weight is 244 g/mol. The second-order valence-corrected chi connectivity index (χ2v) is 11.3. The van der Waals surface area contributed by atoms with E-state index in [1.54, 1.807) is 4.90 Å². The van der Waals surface area contributed by atoms with Crippen LogP contribution in [0.4, 0.5) is 0 Å². The largest absolute Gasteiger partial charge is 0.384 e. The Labute approximate surface area is 99.2 Å². The van der Waals surface area contributed by atoms with Crippen LogP contribution in [0.25, 0.3) is 0 Å². The zero-order valence-electron chi connectivity index (χ0n) is 10.9. The summed E-state index contributed by atoms with van der Waals surface area (Å²) in [6, 6.07) is 0. The van der Waals surface area contributed by atoms with Gasteiger partial charge in [-0.2, -0.15) is 0 Å². The number of rotatable bonds is 3. The van der Waals surface area contributed by atoms with Crippen LogP contribution in [-0.2, 0) is 4.79 Å². The van der Waals surface area contributed by atoms with Crippen molar-refractivity contribution in [3.8, 4) is 0 Å². The van der Waals surface area contributed by atoms with E-state index in [0.29, 0.717) is 0 Å². The molecule has 1 fully saturated rings. The lowest BCUT2D eigenvalue weighted by Gasteiger charge is -2.37. The van der Waals surface area contributed by atoms with Gasteiger partial charge in [-0.05, 0) is 13.1 Å². The molecule has 1 N–H and O–H groups in total. The van der Waals surface area contributed by atoms with Gasteiger partial charge in [0.25, 0.3) is 5.91 Å². The Hall–Kier alpha value is -0.393. The van der Waals surface area contributed by atoms with Gasteiger partial charge in [-0.3, -0.25) is 4.79 Å². The van der Waals surface area contributed by atoms with Gasteiger partial charge in [0.15, 0.2) is 0 Å². The van der Waals surface area contributed by atoms with Crippen LogP contribution in [0.2, 0.25) is 19.6 Å². The van der Waals surface area contributed by atoms with Crippen molar-refractivity contribution in [1.29, 1.82) is 0 Å². The van der Waals surface area contributed by atoms with Gasteiger partial charge in [0.05, 0.1) is 8.07 Å². The number of amides is 1. The van der Waals surface area contributed by atoms with Gasteiger partial charge in [0.2, 0.25) is 0 Å². The molecule has 5 heteroatoms. The molecule has 16 heavy (non-hydrogen) atoms. The van der Waals surface area contributed by atoms with Gasteiger partial charge in [-0.15, -0.1) is 0 Å². The zero-order chi connectivity index (χ0) is 12.3. The van der Waals surface area contributed by atoms with Crippen molar-refractivity contribution >= 4 is 14.0 Å². The summed E-state index contributed by atoms with van der Waals surface area (Å²) < 4.78 is 0. The maximum absolute atomic E-state index is 11.6. The van der Waals surface area contributed by atoms with Gasteiger partial charge in [-0.25, -0.2) is 0 Å². The standard InChI is InChI=1S/C11H24N2O2Si/c1-10(14)11(15)13-7-5-12(6-8-13)9-16(2,3)4/h10,14H,5-9H2,1-4H3. The molecular formula is C11H24N2O2Si. The monoisotopic (exact) mass is 244 g/mol. The molecule has 1 aliphatic rings. The summed E-state index contributed by atoms with van der Waals surface area (Å²) in [5, 5.41) is 9.23. The van der Waals surface area contributed by atoms with E-state index in [1.165, 1.54) is 13.1 Å². The highest BCUT2D eigenvalue weighted by Gasteiger charge is 2.26. The molecule has 1 saturated heterocycles. The Morgan fingerprint density at radius 2 is 1.75 bits per heavy atom. The third-order valence-corrected chi connectivity index (χ3v) is 4.14. The number of aliphatic hydroxyl groups excluding tert-OH is 1. The SMILES string of the molecule is CC(O)C(=O)N1CCN(C[Si](C)(C)C)CC1. The molecule has 94 valence electrons. The van der Waals surface area contributed by atoms with Gasteiger partial charge in [0, 0.05) is 26.2 Å². The first kappa shape index (κ1) is 13.7. The summed E-state index contributed by atoms with van der Waals surface area (Å²) in [6.45, 7) is 12.0. The van der Waals surface area contributed by atoms with E-state index in [1.807, 2.05) is 0 Å². The number of piperazine rings is 1. The van der Waals surface area contributed by atoms with Crippen molar-refractivity contribution in [1.82, 2.24) is 9.80 Å². The minimum Gasteiger partial charge on any atom is -0.384 e. The van der Waals surface area contributed by atoms with Crippen LogP contribution in [0.15, 0.2) is 0 Å². The average Bonchev–Trinajstić information content (AvgIpc) is 2.15. The summed E-state index contributed by atoms with van der Waals surface area (Å²) in [6.07, 6.45) is 0.340. The van der Waals surface area contributed by atoms with E-state index >= 15 is 0 Å². The molecule has 1 unspecified atom stereocenters. The fourth-order valence-electron chi connectivity index (χ4n) is 2.06. The van der Waals surface area contributed by atoms with Crippen LogP contribution in [0.3, 0.4) is 0 Å². The normalized spacial score (nSPS) is 20.9. The highest BCUT2D eigenvalue weighted by molar-refractivity contribution is 6.76. The van der Waals surface area contributed by atoms with Crippen molar-refractivity contribution < 1.29 is 9.90 Å². The van der Waals surface area contributed by atoms with E-state index in [2.05, 4.69) is 24.5 Å². The predicted molar refractivity (Wildman–Crippen MR) is 68.0 cm³/mol. The van der Waals surface area contributed by atoms with Crippen LogP contribution >= 0.6 is 0 Å². The van der Waals surface area contributed by atoms with Crippen molar-refractivity contribution in [3.63, 3.8) is 0 Å². The molecule has 0 spiro atoms. The van der Waals surface area contributed by atoms with Crippen LogP contribution < -0.4 is 0 Å². The summed E-state index contributed by atoms with van der Waals surface area (Å²) >= 11 is 0. The zero-order valence-corrected chi connectivity index (χ0v) is 11.9. The Bertz CT molecular complexity index is 243. The number of hydrogen-bond donors (Lipinski definition) is 1. The fraction of sp³-hybridized carbons (Fsp3) is 0.909. The second kappa shape index (κ2) is 5.29. The summed E-state index contributed by atoms with van der Waals surface area (Å²) in [7, 11) is -1.04. The van der Waals surface area contributed by atoms with Crippen LogP contribution in [0, 0.1) is 0 Å². The molecule has 1 atom stereocenters. The first-order chi connectivity index (χ1) is 7.29. The quantitative estimate of drug-likeness (QED) is 0.730. The van der Waals surface area contributed by atoms with E-state index in [0.717, 1.165) is 26.2 Å². The second-order valence-electron chi connectivity index (χ2n) is 5.84. The summed E-state index contributed by atoms with van der Waals surface area (Å²) in [4.78, 5) is 15.8. The molecule has 0 aromatic rings. The third-order valence-electron chi connectivity index (χ3n) is 2.74. The first-order valence-electron chi connectivity index (χ1n) is 5.99. The molecule has 4 nitrogen and oxygen atoms in total.